The lowest BCUT2D eigenvalue weighted by Crippen LogP contribution is -2.36. The second-order valence-electron chi connectivity index (χ2n) is 16.9. The molecule has 2 aliphatic heterocycles. The Kier molecular flexibility index (Phi) is 12.3. The maximum atomic E-state index is 6.21. The standard InChI is InChI=1S/C60H56N2/c1-4-23-47(49-37-39-57-55(42-49)44(3)52-32-19-18-27-50(52)43-61(57)51-30-14-9-7-6-8-10-15-31-51)28-21-25-46-36-38-59-56(40-46)54-34-16-12-11-13-24-45(5-2)41-60(54)62(59)58-35-22-29-48-26-17-20-33-53(48)58/h2,4,6-7,9-10,12-29,31-33,35,37,39-40,42,45,54,60H,3,8,11,30,34,36,38,41,43H2,1H3/b7-6-,14-9-,15-10-,16-12-,23-4-,24-13?,25-21+,47-28+,51-31+. The highest BCUT2D eigenvalue weighted by atomic mass is 15.2. The predicted octanol–water partition coefficient (Wildman–Crippen LogP) is 15.1. The molecule has 0 spiro atoms. The van der Waals surface area contributed by atoms with Gasteiger partial charge in [0.1, 0.15) is 0 Å². The van der Waals surface area contributed by atoms with Crippen molar-refractivity contribution in [2.24, 2.45) is 11.8 Å². The Labute approximate surface area is 369 Å². The molecule has 2 heteroatoms. The first-order valence-corrected chi connectivity index (χ1v) is 22.5. The highest BCUT2D eigenvalue weighted by Crippen LogP contribution is 2.49. The number of hydrogen-bond donors (Lipinski definition) is 0. The van der Waals surface area contributed by atoms with Crippen LogP contribution in [-0.2, 0) is 6.54 Å². The van der Waals surface area contributed by atoms with Crippen LogP contribution in [0.4, 0.5) is 11.4 Å². The third kappa shape index (κ3) is 8.41. The summed E-state index contributed by atoms with van der Waals surface area (Å²) in [5.74, 6) is 3.58. The van der Waals surface area contributed by atoms with Crippen LogP contribution >= 0.6 is 0 Å². The van der Waals surface area contributed by atoms with Gasteiger partial charge in [-0.15, -0.1) is 6.42 Å². The van der Waals surface area contributed by atoms with Crippen molar-refractivity contribution in [3.63, 3.8) is 0 Å². The van der Waals surface area contributed by atoms with E-state index in [1.165, 1.54) is 72.5 Å². The third-order valence-corrected chi connectivity index (χ3v) is 13.0. The Morgan fingerprint density at radius 3 is 2.58 bits per heavy atom. The molecule has 2 nitrogen and oxygen atoms in total. The SMILES string of the molecule is C#CC1C=CC/C=C\CC2C3=C(CCC(/C=C/C=C(\C=C/C)c4ccc5c(c4)C(=C)c4ccccc4CN5/C4=C/C=C\C/C=C\C=C/C4)=C3)N(c3cccc4ccccc34)C2C1. The van der Waals surface area contributed by atoms with E-state index >= 15 is 0 Å². The van der Waals surface area contributed by atoms with Gasteiger partial charge in [0.25, 0.3) is 0 Å². The Bertz CT molecular complexity index is 2750. The summed E-state index contributed by atoms with van der Waals surface area (Å²) in [5.41, 5.74) is 15.1. The Balaban J connectivity index is 1.07. The normalized spacial score (nSPS) is 24.5. The molecule has 4 aromatic carbocycles. The molecule has 3 atom stereocenters. The molecule has 3 unspecified atom stereocenters. The monoisotopic (exact) mass is 804 g/mol. The minimum Gasteiger partial charge on any atom is -0.341 e. The van der Waals surface area contributed by atoms with E-state index in [0.29, 0.717) is 5.92 Å². The van der Waals surface area contributed by atoms with Crippen LogP contribution in [-0.4, -0.2) is 6.04 Å². The van der Waals surface area contributed by atoms with Gasteiger partial charge in [0.15, 0.2) is 0 Å². The van der Waals surface area contributed by atoms with Crippen LogP contribution in [0.2, 0.25) is 0 Å². The Morgan fingerprint density at radius 2 is 1.66 bits per heavy atom. The molecule has 0 N–H and O–H groups in total. The highest BCUT2D eigenvalue weighted by Gasteiger charge is 2.42. The number of nitrogens with zero attached hydrogens (tertiary/aromatic N) is 2. The zero-order valence-corrected chi connectivity index (χ0v) is 36.0. The zero-order chi connectivity index (χ0) is 42.3. The second kappa shape index (κ2) is 18.8. The van der Waals surface area contributed by atoms with Gasteiger partial charge in [-0.2, -0.15) is 0 Å². The summed E-state index contributed by atoms with van der Waals surface area (Å²) in [6.45, 7) is 7.61. The quantitative estimate of drug-likeness (QED) is 0.109. The first kappa shape index (κ1) is 40.6. The van der Waals surface area contributed by atoms with Crippen LogP contribution in [0.25, 0.3) is 21.9 Å². The van der Waals surface area contributed by atoms with E-state index < -0.39 is 0 Å². The molecule has 0 saturated heterocycles. The van der Waals surface area contributed by atoms with E-state index in [2.05, 4.69) is 211 Å². The summed E-state index contributed by atoms with van der Waals surface area (Å²) < 4.78 is 0. The fourth-order valence-corrected chi connectivity index (χ4v) is 10.0. The van der Waals surface area contributed by atoms with Gasteiger partial charge in [0.2, 0.25) is 0 Å². The van der Waals surface area contributed by atoms with Crippen LogP contribution < -0.4 is 9.80 Å². The van der Waals surface area contributed by atoms with Crippen molar-refractivity contribution in [1.29, 1.82) is 0 Å². The number of terminal acetylenes is 1. The summed E-state index contributed by atoms with van der Waals surface area (Å²) in [6.07, 6.45) is 51.2. The molecule has 2 heterocycles. The fourth-order valence-electron chi connectivity index (χ4n) is 10.0. The summed E-state index contributed by atoms with van der Waals surface area (Å²) >= 11 is 0. The van der Waals surface area contributed by atoms with Gasteiger partial charge >= 0.3 is 0 Å². The first-order valence-electron chi connectivity index (χ1n) is 22.5. The van der Waals surface area contributed by atoms with E-state index in [1.807, 2.05) is 0 Å². The number of benzene rings is 4. The molecule has 3 aliphatic carbocycles. The molecule has 0 aromatic heterocycles. The minimum absolute atomic E-state index is 0.0917. The maximum absolute atomic E-state index is 6.21. The van der Waals surface area contributed by atoms with Gasteiger partial charge in [0, 0.05) is 64.6 Å². The van der Waals surface area contributed by atoms with Crippen LogP contribution in [0.15, 0.2) is 217 Å². The maximum Gasteiger partial charge on any atom is 0.0491 e. The van der Waals surface area contributed by atoms with Crippen molar-refractivity contribution >= 4 is 33.3 Å². The molecule has 0 amide bonds. The summed E-state index contributed by atoms with van der Waals surface area (Å²) in [5, 5.41) is 2.57. The van der Waals surface area contributed by atoms with E-state index in [4.69, 9.17) is 13.0 Å². The number of anilines is 2. The van der Waals surface area contributed by atoms with E-state index in [0.717, 1.165) is 57.1 Å². The van der Waals surface area contributed by atoms with Crippen molar-refractivity contribution in [2.45, 2.75) is 64.5 Å². The Morgan fingerprint density at radius 1 is 0.823 bits per heavy atom. The van der Waals surface area contributed by atoms with Crippen LogP contribution in [0.5, 0.6) is 0 Å². The number of rotatable bonds is 6. The molecule has 9 rings (SSSR count). The highest BCUT2D eigenvalue weighted by molar-refractivity contribution is 5.96. The summed E-state index contributed by atoms with van der Waals surface area (Å²) in [4.78, 5) is 5.17. The predicted molar refractivity (Wildman–Crippen MR) is 266 cm³/mol. The number of hydrogen-bond acceptors (Lipinski definition) is 2. The molecule has 0 radical (unpaired) electrons. The smallest absolute Gasteiger partial charge is 0.0491 e. The van der Waals surface area contributed by atoms with Gasteiger partial charge in [-0.3, -0.25) is 0 Å². The summed E-state index contributed by atoms with van der Waals surface area (Å²) in [6, 6.07) is 31.5. The van der Waals surface area contributed by atoms with Crippen molar-refractivity contribution in [1.82, 2.24) is 0 Å². The van der Waals surface area contributed by atoms with Gasteiger partial charge in [0.05, 0.1) is 0 Å². The van der Waals surface area contributed by atoms with E-state index in [1.54, 1.807) is 0 Å². The molecule has 0 saturated carbocycles. The molecule has 5 aliphatic rings. The van der Waals surface area contributed by atoms with Crippen molar-refractivity contribution < 1.29 is 0 Å². The lowest BCUT2D eigenvalue weighted by atomic mass is 9.82. The molecule has 0 fully saturated rings. The molecule has 0 bridgehead atoms. The van der Waals surface area contributed by atoms with Crippen molar-refractivity contribution in [2.75, 3.05) is 9.80 Å². The van der Waals surface area contributed by atoms with Crippen LogP contribution in [0, 0.1) is 24.2 Å². The number of fused-ring (bicyclic) bond motifs is 5. The summed E-state index contributed by atoms with van der Waals surface area (Å²) in [7, 11) is 0. The lowest BCUT2D eigenvalue weighted by molar-refractivity contribution is 0.457. The average Bonchev–Trinajstić information content (AvgIpc) is 3.54. The van der Waals surface area contributed by atoms with Crippen molar-refractivity contribution in [3.8, 4) is 12.3 Å². The second-order valence-corrected chi connectivity index (χ2v) is 16.9. The van der Waals surface area contributed by atoms with Gasteiger partial charge < -0.3 is 9.80 Å². The van der Waals surface area contributed by atoms with E-state index in [9.17, 15) is 0 Å². The fraction of sp³-hybridized carbons (Fsp3) is 0.200. The molecular formula is C60H56N2. The third-order valence-electron chi connectivity index (χ3n) is 13.0. The van der Waals surface area contributed by atoms with Gasteiger partial charge in [-0.1, -0.05) is 176 Å². The zero-order valence-electron chi connectivity index (χ0n) is 36.0. The topological polar surface area (TPSA) is 6.48 Å². The largest absolute Gasteiger partial charge is 0.341 e. The average molecular weight is 805 g/mol. The Hall–Kier alpha value is -6.82. The van der Waals surface area contributed by atoms with Gasteiger partial charge in [-0.25, -0.2) is 0 Å². The van der Waals surface area contributed by atoms with Crippen LogP contribution in [0.1, 0.15) is 74.1 Å². The van der Waals surface area contributed by atoms with Gasteiger partial charge in [-0.05, 0) is 114 Å². The minimum atomic E-state index is 0.0917. The molecular weight excluding hydrogens is 749 g/mol. The molecule has 62 heavy (non-hydrogen) atoms. The van der Waals surface area contributed by atoms with E-state index in [-0.39, 0.29) is 12.0 Å². The first-order chi connectivity index (χ1) is 30.6. The molecule has 306 valence electrons. The van der Waals surface area contributed by atoms with Crippen molar-refractivity contribution in [3.05, 3.63) is 240 Å². The number of allylic oxidation sites excluding steroid dienone is 20. The molecule has 4 aromatic rings. The van der Waals surface area contributed by atoms with Crippen LogP contribution in [0.3, 0.4) is 0 Å². The lowest BCUT2D eigenvalue weighted by Gasteiger charge is -2.34.